The number of esters is 1. The molecule has 0 fully saturated rings. The number of nitrogens with one attached hydrogen (secondary N) is 2. The molecule has 1 aromatic carbocycles. The molecule has 0 aliphatic rings. The fourth-order valence-electron chi connectivity index (χ4n) is 2.93. The monoisotopic (exact) mass is 403 g/mol. The summed E-state index contributed by atoms with van der Waals surface area (Å²) >= 11 is 1.40. The number of benzene rings is 1. The Morgan fingerprint density at radius 1 is 1.18 bits per heavy atom. The highest BCUT2D eigenvalue weighted by Gasteiger charge is 2.22. The minimum Gasteiger partial charge on any atom is -0.462 e. The van der Waals surface area contributed by atoms with E-state index in [1.165, 1.54) is 16.9 Å². The Morgan fingerprint density at radius 2 is 1.86 bits per heavy atom. The Bertz CT molecular complexity index is 803. The van der Waals surface area contributed by atoms with Crippen LogP contribution in [0.4, 0.5) is 5.00 Å². The molecule has 1 aromatic heterocycles. The van der Waals surface area contributed by atoms with Gasteiger partial charge < -0.3 is 20.3 Å². The minimum atomic E-state index is -0.399. The highest BCUT2D eigenvalue weighted by Crippen LogP contribution is 2.33. The molecule has 1 atom stereocenters. The van der Waals surface area contributed by atoms with Gasteiger partial charge in [0.2, 0.25) is 5.91 Å². The van der Waals surface area contributed by atoms with E-state index < -0.39 is 5.97 Å². The standard InChI is InChI=1S/C21H29N3O3S/c1-6-27-21(26)19-14(2)15(3)28-20(19)23-18(25)13-22-12-17(24(4)5)16-10-8-7-9-11-16/h7-11,17,22H,6,12-13H2,1-5H3,(H,23,25). The van der Waals surface area contributed by atoms with Crippen LogP contribution < -0.4 is 10.6 Å². The predicted octanol–water partition coefficient (Wildman–Crippen LogP) is 3.37. The highest BCUT2D eigenvalue weighted by atomic mass is 32.1. The summed E-state index contributed by atoms with van der Waals surface area (Å²) in [6.07, 6.45) is 0. The maximum atomic E-state index is 12.4. The molecular weight excluding hydrogens is 374 g/mol. The molecule has 2 aromatic rings. The van der Waals surface area contributed by atoms with Gasteiger partial charge in [-0.05, 0) is 46.0 Å². The number of carbonyl (C=O) groups is 2. The summed E-state index contributed by atoms with van der Waals surface area (Å²) in [4.78, 5) is 27.8. The molecule has 1 heterocycles. The maximum Gasteiger partial charge on any atom is 0.341 e. The molecule has 6 nitrogen and oxygen atoms in total. The predicted molar refractivity (Wildman–Crippen MR) is 114 cm³/mol. The summed E-state index contributed by atoms with van der Waals surface area (Å²) < 4.78 is 5.13. The van der Waals surface area contributed by atoms with Crippen molar-refractivity contribution in [2.45, 2.75) is 26.8 Å². The van der Waals surface area contributed by atoms with E-state index in [-0.39, 0.29) is 18.5 Å². The first-order valence-corrected chi connectivity index (χ1v) is 10.2. The summed E-state index contributed by atoms with van der Waals surface area (Å²) in [5.74, 6) is -0.582. The minimum absolute atomic E-state index is 0.162. The van der Waals surface area contributed by atoms with Gasteiger partial charge in [-0.3, -0.25) is 4.79 Å². The van der Waals surface area contributed by atoms with Crippen molar-refractivity contribution in [2.24, 2.45) is 0 Å². The van der Waals surface area contributed by atoms with Crippen LogP contribution in [0.15, 0.2) is 30.3 Å². The van der Waals surface area contributed by atoms with Gasteiger partial charge >= 0.3 is 5.97 Å². The van der Waals surface area contributed by atoms with Gasteiger partial charge in [-0.1, -0.05) is 30.3 Å². The molecule has 0 aliphatic heterocycles. The maximum absolute atomic E-state index is 12.4. The Morgan fingerprint density at radius 3 is 2.46 bits per heavy atom. The summed E-state index contributed by atoms with van der Waals surface area (Å²) in [6.45, 7) is 6.66. The van der Waals surface area contributed by atoms with Crippen molar-refractivity contribution in [1.82, 2.24) is 10.2 Å². The lowest BCUT2D eigenvalue weighted by Gasteiger charge is -2.25. The molecule has 0 saturated carbocycles. The van der Waals surface area contributed by atoms with Crippen molar-refractivity contribution in [1.29, 1.82) is 0 Å². The van der Waals surface area contributed by atoms with Crippen LogP contribution in [0.1, 0.15) is 39.3 Å². The molecule has 2 N–H and O–H groups in total. The zero-order valence-corrected chi connectivity index (χ0v) is 18.0. The number of aryl methyl sites for hydroxylation is 1. The smallest absolute Gasteiger partial charge is 0.341 e. The second-order valence-electron chi connectivity index (χ2n) is 6.78. The topological polar surface area (TPSA) is 70.7 Å². The SMILES string of the molecule is CCOC(=O)c1c(NC(=O)CNCC(c2ccccc2)N(C)C)sc(C)c1C. The summed E-state index contributed by atoms with van der Waals surface area (Å²) in [7, 11) is 4.03. The van der Waals surface area contributed by atoms with Crippen LogP contribution in [-0.2, 0) is 9.53 Å². The van der Waals surface area contributed by atoms with Gasteiger partial charge in [0.1, 0.15) is 5.00 Å². The van der Waals surface area contributed by atoms with Gasteiger partial charge in [0.15, 0.2) is 0 Å². The summed E-state index contributed by atoms with van der Waals surface area (Å²) in [5, 5.41) is 6.62. The van der Waals surface area contributed by atoms with E-state index in [1.54, 1.807) is 6.92 Å². The van der Waals surface area contributed by atoms with Gasteiger partial charge in [0, 0.05) is 17.5 Å². The third kappa shape index (κ3) is 5.64. The van der Waals surface area contributed by atoms with Crippen LogP contribution in [0.3, 0.4) is 0 Å². The third-order valence-electron chi connectivity index (χ3n) is 4.55. The van der Waals surface area contributed by atoms with E-state index in [2.05, 4.69) is 27.7 Å². The van der Waals surface area contributed by atoms with E-state index >= 15 is 0 Å². The Labute approximate surface area is 170 Å². The largest absolute Gasteiger partial charge is 0.462 e. The number of hydrogen-bond acceptors (Lipinski definition) is 6. The van der Waals surface area contributed by atoms with Crippen molar-refractivity contribution < 1.29 is 14.3 Å². The number of ether oxygens (including phenoxy) is 1. The van der Waals surface area contributed by atoms with Gasteiger partial charge in [0.05, 0.1) is 18.7 Å². The number of rotatable bonds is 9. The fourth-order valence-corrected chi connectivity index (χ4v) is 4.00. The summed E-state index contributed by atoms with van der Waals surface area (Å²) in [6, 6.07) is 10.3. The number of thiophene rings is 1. The van der Waals surface area contributed by atoms with Crippen LogP contribution in [0.25, 0.3) is 0 Å². The van der Waals surface area contributed by atoms with Crippen molar-refractivity contribution in [2.75, 3.05) is 39.1 Å². The van der Waals surface area contributed by atoms with Gasteiger partial charge in [-0.25, -0.2) is 4.79 Å². The van der Waals surface area contributed by atoms with Crippen LogP contribution in [0, 0.1) is 13.8 Å². The zero-order valence-electron chi connectivity index (χ0n) is 17.2. The highest BCUT2D eigenvalue weighted by molar-refractivity contribution is 7.16. The number of carbonyl (C=O) groups excluding carboxylic acids is 2. The molecule has 1 amide bonds. The van der Waals surface area contributed by atoms with Crippen LogP contribution in [0.2, 0.25) is 0 Å². The van der Waals surface area contributed by atoms with E-state index in [4.69, 9.17) is 4.74 Å². The molecule has 0 radical (unpaired) electrons. The van der Waals surface area contributed by atoms with E-state index in [9.17, 15) is 9.59 Å². The van der Waals surface area contributed by atoms with Crippen molar-refractivity contribution in [3.63, 3.8) is 0 Å². The molecule has 2 rings (SSSR count). The van der Waals surface area contributed by atoms with Crippen molar-refractivity contribution in [3.8, 4) is 0 Å². The Kier molecular flexibility index (Phi) is 8.17. The molecule has 28 heavy (non-hydrogen) atoms. The molecule has 0 spiro atoms. The van der Waals surface area contributed by atoms with Crippen LogP contribution in [0.5, 0.6) is 0 Å². The Balaban J connectivity index is 1.97. The fraction of sp³-hybridized carbons (Fsp3) is 0.429. The molecule has 1 unspecified atom stereocenters. The lowest BCUT2D eigenvalue weighted by molar-refractivity contribution is -0.115. The molecular formula is C21H29N3O3S. The molecule has 152 valence electrons. The van der Waals surface area contributed by atoms with E-state index in [1.807, 2.05) is 46.1 Å². The second kappa shape index (κ2) is 10.4. The normalized spacial score (nSPS) is 12.1. The van der Waals surface area contributed by atoms with Gasteiger partial charge in [-0.15, -0.1) is 11.3 Å². The number of nitrogens with zero attached hydrogens (tertiary/aromatic N) is 1. The number of likely N-dealkylation sites (N-methyl/N-ethyl adjacent to an activating group) is 1. The molecule has 0 saturated heterocycles. The van der Waals surface area contributed by atoms with Crippen molar-refractivity contribution >= 4 is 28.2 Å². The van der Waals surface area contributed by atoms with Crippen LogP contribution >= 0.6 is 11.3 Å². The van der Waals surface area contributed by atoms with E-state index in [0.717, 1.165) is 10.4 Å². The molecule has 0 aliphatic carbocycles. The van der Waals surface area contributed by atoms with E-state index in [0.29, 0.717) is 23.7 Å². The first kappa shape index (κ1) is 22.1. The summed E-state index contributed by atoms with van der Waals surface area (Å²) in [5.41, 5.74) is 2.49. The number of hydrogen-bond donors (Lipinski definition) is 2. The van der Waals surface area contributed by atoms with Crippen molar-refractivity contribution in [3.05, 3.63) is 51.9 Å². The third-order valence-corrected chi connectivity index (χ3v) is 5.67. The first-order chi connectivity index (χ1) is 13.3. The molecule has 0 bridgehead atoms. The molecule has 7 heteroatoms. The second-order valence-corrected chi connectivity index (χ2v) is 8.00. The lowest BCUT2D eigenvalue weighted by atomic mass is 10.1. The first-order valence-electron chi connectivity index (χ1n) is 9.34. The van der Waals surface area contributed by atoms with Gasteiger partial charge in [0.25, 0.3) is 0 Å². The average molecular weight is 404 g/mol. The van der Waals surface area contributed by atoms with Gasteiger partial charge in [-0.2, -0.15) is 0 Å². The number of anilines is 1. The van der Waals surface area contributed by atoms with Crippen LogP contribution in [-0.4, -0.2) is 50.6 Å². The zero-order chi connectivity index (χ0) is 20.7. The lowest BCUT2D eigenvalue weighted by Crippen LogP contribution is -2.35. The Hall–Kier alpha value is -2.22. The number of amides is 1. The average Bonchev–Trinajstić information content (AvgIpc) is 2.93. The quantitative estimate of drug-likeness (QED) is 0.628.